The third-order valence-electron chi connectivity index (χ3n) is 7.19. The number of ether oxygens (including phenoxy) is 3. The number of hydrogen-bond acceptors (Lipinski definition) is 6. The van der Waals surface area contributed by atoms with Crippen LogP contribution in [0.1, 0.15) is 77.2 Å². The van der Waals surface area contributed by atoms with Crippen LogP contribution in [-0.2, 0) is 14.3 Å². The normalized spacial score (nSPS) is 24.8. The van der Waals surface area contributed by atoms with Crippen molar-refractivity contribution in [3.05, 3.63) is 46.3 Å². The number of dihydropyridines is 1. The molecule has 0 radical (unpaired) electrons. The van der Waals surface area contributed by atoms with E-state index in [1.165, 1.54) is 6.42 Å². The molecule has 0 spiro atoms. The summed E-state index contributed by atoms with van der Waals surface area (Å²) in [5.41, 5.74) is 3.64. The van der Waals surface area contributed by atoms with Crippen LogP contribution in [0.2, 0.25) is 0 Å². The number of allylic oxidation sites excluding steroid dienone is 3. The highest BCUT2D eigenvalue weighted by molar-refractivity contribution is 6.04. The van der Waals surface area contributed by atoms with E-state index < -0.39 is 5.92 Å². The van der Waals surface area contributed by atoms with Crippen molar-refractivity contribution < 1.29 is 23.8 Å². The molecule has 1 fully saturated rings. The molecule has 4 aliphatic rings. The molecule has 176 valence electrons. The van der Waals surface area contributed by atoms with Gasteiger partial charge in [0.25, 0.3) is 0 Å². The molecule has 1 atom stereocenters. The second kappa shape index (κ2) is 8.54. The van der Waals surface area contributed by atoms with E-state index >= 15 is 0 Å². The van der Waals surface area contributed by atoms with Crippen molar-refractivity contribution >= 4 is 11.8 Å². The van der Waals surface area contributed by atoms with E-state index in [9.17, 15) is 9.59 Å². The Morgan fingerprint density at radius 3 is 2.55 bits per heavy atom. The van der Waals surface area contributed by atoms with E-state index in [1.54, 1.807) is 0 Å². The lowest BCUT2D eigenvalue weighted by atomic mass is 9.68. The summed E-state index contributed by atoms with van der Waals surface area (Å²) in [6.45, 7) is 7.14. The minimum Gasteiger partial charge on any atom is -0.486 e. The zero-order valence-corrected chi connectivity index (χ0v) is 19.8. The molecule has 1 aromatic carbocycles. The van der Waals surface area contributed by atoms with Gasteiger partial charge in [-0.1, -0.05) is 26.3 Å². The molecule has 1 N–H and O–H groups in total. The van der Waals surface area contributed by atoms with Crippen molar-refractivity contribution in [1.82, 2.24) is 5.32 Å². The first kappa shape index (κ1) is 22.1. The van der Waals surface area contributed by atoms with Gasteiger partial charge < -0.3 is 19.5 Å². The molecule has 2 heterocycles. The molecule has 0 saturated heterocycles. The van der Waals surface area contributed by atoms with Crippen LogP contribution in [0.4, 0.5) is 0 Å². The summed E-state index contributed by atoms with van der Waals surface area (Å²) in [6, 6.07) is 5.74. The predicted octanol–water partition coefficient (Wildman–Crippen LogP) is 4.94. The largest absolute Gasteiger partial charge is 0.486 e. The average Bonchev–Trinajstić information content (AvgIpc) is 2.77. The van der Waals surface area contributed by atoms with E-state index in [2.05, 4.69) is 19.2 Å². The summed E-state index contributed by atoms with van der Waals surface area (Å²) in [4.78, 5) is 27.0. The fourth-order valence-corrected chi connectivity index (χ4v) is 5.68. The third-order valence-corrected chi connectivity index (χ3v) is 7.19. The van der Waals surface area contributed by atoms with Crippen molar-refractivity contribution in [3.63, 3.8) is 0 Å². The topological polar surface area (TPSA) is 73.9 Å². The monoisotopic (exact) mass is 451 g/mol. The van der Waals surface area contributed by atoms with Gasteiger partial charge in [-0.2, -0.15) is 0 Å². The van der Waals surface area contributed by atoms with Gasteiger partial charge in [0, 0.05) is 29.3 Å². The number of rotatable bonds is 3. The summed E-state index contributed by atoms with van der Waals surface area (Å²) in [6.07, 6.45) is 6.34. The molecular formula is C27H33NO5. The number of esters is 1. The van der Waals surface area contributed by atoms with Crippen molar-refractivity contribution in [3.8, 4) is 11.5 Å². The van der Waals surface area contributed by atoms with Crippen LogP contribution in [0.5, 0.6) is 11.5 Å². The number of hydrogen-bond donors (Lipinski definition) is 1. The van der Waals surface area contributed by atoms with E-state index in [4.69, 9.17) is 14.2 Å². The summed E-state index contributed by atoms with van der Waals surface area (Å²) in [7, 11) is 0. The first-order chi connectivity index (χ1) is 15.8. The summed E-state index contributed by atoms with van der Waals surface area (Å²) >= 11 is 0. The van der Waals surface area contributed by atoms with Gasteiger partial charge in [0.1, 0.15) is 19.3 Å². The average molecular weight is 452 g/mol. The van der Waals surface area contributed by atoms with Crippen molar-refractivity contribution in [2.24, 2.45) is 5.41 Å². The van der Waals surface area contributed by atoms with Gasteiger partial charge >= 0.3 is 5.97 Å². The molecule has 0 bridgehead atoms. The molecule has 2 aliphatic carbocycles. The van der Waals surface area contributed by atoms with Gasteiger partial charge in [0.15, 0.2) is 17.3 Å². The number of carbonyl (C=O) groups excluding carboxylic acids is 2. The predicted molar refractivity (Wildman–Crippen MR) is 124 cm³/mol. The van der Waals surface area contributed by atoms with Crippen LogP contribution in [-0.4, -0.2) is 31.1 Å². The summed E-state index contributed by atoms with van der Waals surface area (Å²) in [5, 5.41) is 3.42. The molecule has 0 aromatic heterocycles. The van der Waals surface area contributed by atoms with Crippen LogP contribution in [0.15, 0.2) is 40.7 Å². The molecule has 1 aromatic rings. The minimum absolute atomic E-state index is 0.0520. The van der Waals surface area contributed by atoms with Crippen LogP contribution in [0.3, 0.4) is 0 Å². The number of ketones is 1. The molecule has 0 amide bonds. The van der Waals surface area contributed by atoms with Crippen LogP contribution >= 0.6 is 0 Å². The van der Waals surface area contributed by atoms with Crippen molar-refractivity contribution in [1.29, 1.82) is 0 Å². The fourth-order valence-electron chi connectivity index (χ4n) is 5.68. The molecule has 1 unspecified atom stereocenters. The maximum absolute atomic E-state index is 13.5. The van der Waals surface area contributed by atoms with Gasteiger partial charge in [0.05, 0.1) is 5.57 Å². The quantitative estimate of drug-likeness (QED) is 0.657. The molecular weight excluding hydrogens is 418 g/mol. The number of Topliss-reactive ketones (excluding diaryl/α,β-unsaturated/α-hetero) is 1. The Labute approximate surface area is 195 Å². The second-order valence-corrected chi connectivity index (χ2v) is 10.5. The maximum Gasteiger partial charge on any atom is 0.337 e. The first-order valence-corrected chi connectivity index (χ1v) is 12.2. The maximum atomic E-state index is 13.5. The van der Waals surface area contributed by atoms with E-state index in [1.807, 2.05) is 25.1 Å². The number of fused-ring (bicyclic) bond motifs is 1. The highest BCUT2D eigenvalue weighted by Gasteiger charge is 2.43. The van der Waals surface area contributed by atoms with E-state index in [0.717, 1.165) is 49.1 Å². The third kappa shape index (κ3) is 4.28. The van der Waals surface area contributed by atoms with Gasteiger partial charge in [0.2, 0.25) is 0 Å². The fraction of sp³-hybridized carbons (Fsp3) is 0.556. The van der Waals surface area contributed by atoms with Crippen molar-refractivity contribution in [2.75, 3.05) is 13.2 Å². The lowest BCUT2D eigenvalue weighted by molar-refractivity contribution is -0.146. The summed E-state index contributed by atoms with van der Waals surface area (Å²) in [5.74, 6) is 0.633. The van der Waals surface area contributed by atoms with Crippen LogP contribution in [0, 0.1) is 5.41 Å². The molecule has 1 saturated carbocycles. The Kier molecular flexibility index (Phi) is 5.71. The highest BCUT2D eigenvalue weighted by Crippen LogP contribution is 2.48. The lowest BCUT2D eigenvalue weighted by Gasteiger charge is -2.40. The molecule has 5 rings (SSSR count). The van der Waals surface area contributed by atoms with Crippen LogP contribution < -0.4 is 14.8 Å². The lowest BCUT2D eigenvalue weighted by Crippen LogP contribution is -2.39. The molecule has 6 heteroatoms. The Hall–Kier alpha value is -2.76. The van der Waals surface area contributed by atoms with Gasteiger partial charge in [-0.25, -0.2) is 4.79 Å². The van der Waals surface area contributed by atoms with Crippen molar-refractivity contribution in [2.45, 2.75) is 77.7 Å². The summed E-state index contributed by atoms with van der Waals surface area (Å²) < 4.78 is 17.5. The first-order valence-electron chi connectivity index (χ1n) is 12.2. The Balaban J connectivity index is 1.57. The number of nitrogens with one attached hydrogen (secondary N) is 1. The SMILES string of the molecule is CC1=C(C(=O)OC2CCCCC2)C(c2ccc3c(c2)OCCO3)C2=C(CC(C)(C)CC2=O)N1. The van der Waals surface area contributed by atoms with E-state index in [0.29, 0.717) is 42.3 Å². The molecule has 6 nitrogen and oxygen atoms in total. The number of benzene rings is 1. The standard InChI is InChI=1S/C27H33NO5/c1-16-23(26(30)33-18-7-5-4-6-8-18)24(17-9-10-21-22(13-17)32-12-11-31-21)25-19(28-16)14-27(2,3)15-20(25)29/h9-10,13,18,24,28H,4-8,11-12,14-15H2,1-3H3. The van der Waals surface area contributed by atoms with E-state index in [-0.39, 0.29) is 23.3 Å². The van der Waals surface area contributed by atoms with Gasteiger partial charge in [-0.05, 0) is 62.1 Å². The van der Waals surface area contributed by atoms with Crippen LogP contribution in [0.25, 0.3) is 0 Å². The molecule has 33 heavy (non-hydrogen) atoms. The van der Waals surface area contributed by atoms with Gasteiger partial charge in [-0.3, -0.25) is 4.79 Å². The Morgan fingerprint density at radius 1 is 1.06 bits per heavy atom. The highest BCUT2D eigenvalue weighted by atomic mass is 16.6. The zero-order valence-electron chi connectivity index (χ0n) is 19.8. The Bertz CT molecular complexity index is 1040. The van der Waals surface area contributed by atoms with Gasteiger partial charge in [-0.15, -0.1) is 0 Å². The smallest absolute Gasteiger partial charge is 0.337 e. The Morgan fingerprint density at radius 2 is 1.79 bits per heavy atom. The molecule has 2 aliphatic heterocycles. The number of carbonyl (C=O) groups is 2. The minimum atomic E-state index is -0.475. The zero-order chi connectivity index (χ0) is 23.2. The second-order valence-electron chi connectivity index (χ2n) is 10.5.